The predicted octanol–water partition coefficient (Wildman–Crippen LogP) is 14.9. The van der Waals surface area contributed by atoms with Gasteiger partial charge in [0.15, 0.2) is 6.10 Å². The molecular formula is C47H90O6. The average molecular weight is 751 g/mol. The smallest absolute Gasteiger partial charge is 0.306 e. The number of unbranched alkanes of at least 4 members (excludes halogenated alkanes) is 32. The fourth-order valence-electron chi connectivity index (χ4n) is 7.03. The van der Waals surface area contributed by atoms with Crippen molar-refractivity contribution in [2.45, 2.75) is 271 Å². The number of hydrogen-bond acceptors (Lipinski definition) is 6. The van der Waals surface area contributed by atoms with Crippen LogP contribution in [0.3, 0.4) is 0 Å². The fraction of sp³-hybridized carbons (Fsp3) is 0.936. The maximum Gasteiger partial charge on any atom is 0.306 e. The second kappa shape index (κ2) is 43.1. The number of carbonyl (C=O) groups is 3. The van der Waals surface area contributed by atoms with Gasteiger partial charge in [-0.25, -0.2) is 0 Å². The summed E-state index contributed by atoms with van der Waals surface area (Å²) in [5, 5.41) is 0. The highest BCUT2D eigenvalue weighted by atomic mass is 16.6. The summed E-state index contributed by atoms with van der Waals surface area (Å²) in [5.74, 6) is -0.864. The highest BCUT2D eigenvalue weighted by Gasteiger charge is 2.19. The van der Waals surface area contributed by atoms with Gasteiger partial charge in [0.2, 0.25) is 0 Å². The van der Waals surface area contributed by atoms with Crippen LogP contribution in [0.2, 0.25) is 0 Å². The van der Waals surface area contributed by atoms with Crippen LogP contribution < -0.4 is 0 Å². The van der Waals surface area contributed by atoms with Gasteiger partial charge in [0, 0.05) is 19.3 Å². The summed E-state index contributed by atoms with van der Waals surface area (Å²) in [5.41, 5.74) is 0. The molecule has 0 bridgehead atoms. The molecule has 0 saturated carbocycles. The third kappa shape index (κ3) is 41.4. The molecule has 0 amide bonds. The van der Waals surface area contributed by atoms with Crippen LogP contribution in [0.25, 0.3) is 0 Å². The third-order valence-corrected chi connectivity index (χ3v) is 10.6. The first-order valence-electron chi connectivity index (χ1n) is 23.5. The topological polar surface area (TPSA) is 78.9 Å². The molecule has 53 heavy (non-hydrogen) atoms. The lowest BCUT2D eigenvalue weighted by molar-refractivity contribution is -0.167. The van der Waals surface area contributed by atoms with E-state index in [1.807, 2.05) is 0 Å². The second-order valence-corrected chi connectivity index (χ2v) is 16.0. The molecule has 6 nitrogen and oxygen atoms in total. The number of carbonyl (C=O) groups excluding carboxylic acids is 3. The molecule has 0 aromatic carbocycles. The predicted molar refractivity (Wildman–Crippen MR) is 224 cm³/mol. The summed E-state index contributed by atoms with van der Waals surface area (Å²) in [7, 11) is 0. The number of esters is 3. The summed E-state index contributed by atoms with van der Waals surface area (Å²) in [6, 6.07) is 0. The number of rotatable bonds is 43. The molecule has 0 aliphatic heterocycles. The van der Waals surface area contributed by atoms with Crippen LogP contribution in [-0.4, -0.2) is 37.2 Å². The van der Waals surface area contributed by atoms with Gasteiger partial charge < -0.3 is 14.2 Å². The lowest BCUT2D eigenvalue weighted by Crippen LogP contribution is -2.30. The van der Waals surface area contributed by atoms with Crippen molar-refractivity contribution in [2.75, 3.05) is 13.2 Å². The summed E-state index contributed by atoms with van der Waals surface area (Å²) in [4.78, 5) is 37.5. The Morgan fingerprint density at radius 2 is 0.509 bits per heavy atom. The van der Waals surface area contributed by atoms with E-state index in [2.05, 4.69) is 20.8 Å². The van der Waals surface area contributed by atoms with Gasteiger partial charge in [-0.1, -0.05) is 226 Å². The first-order chi connectivity index (χ1) is 26.0. The first-order valence-corrected chi connectivity index (χ1v) is 23.5. The van der Waals surface area contributed by atoms with Crippen LogP contribution in [0.1, 0.15) is 265 Å². The summed E-state index contributed by atoms with van der Waals surface area (Å²) in [6.07, 6.45) is 44.0. The third-order valence-electron chi connectivity index (χ3n) is 10.6. The fourth-order valence-corrected chi connectivity index (χ4v) is 7.03. The maximum atomic E-state index is 12.5. The monoisotopic (exact) mass is 751 g/mol. The van der Waals surface area contributed by atoms with Crippen molar-refractivity contribution in [1.29, 1.82) is 0 Å². The van der Waals surface area contributed by atoms with Crippen LogP contribution in [0.5, 0.6) is 0 Å². The minimum absolute atomic E-state index is 0.0641. The molecule has 0 rings (SSSR count). The van der Waals surface area contributed by atoms with Crippen molar-refractivity contribution in [1.82, 2.24) is 0 Å². The van der Waals surface area contributed by atoms with E-state index in [9.17, 15) is 14.4 Å². The van der Waals surface area contributed by atoms with E-state index < -0.39 is 6.10 Å². The molecule has 0 fully saturated rings. The van der Waals surface area contributed by atoms with E-state index in [4.69, 9.17) is 14.2 Å². The van der Waals surface area contributed by atoms with Crippen LogP contribution in [0.4, 0.5) is 0 Å². The Morgan fingerprint density at radius 3 is 0.755 bits per heavy atom. The molecule has 0 aliphatic rings. The van der Waals surface area contributed by atoms with Gasteiger partial charge in [-0.05, 0) is 19.3 Å². The molecule has 0 unspecified atom stereocenters. The van der Waals surface area contributed by atoms with Crippen molar-refractivity contribution in [3.05, 3.63) is 0 Å². The van der Waals surface area contributed by atoms with Gasteiger partial charge >= 0.3 is 17.9 Å². The molecule has 0 aromatic heterocycles. The van der Waals surface area contributed by atoms with Crippen molar-refractivity contribution in [2.24, 2.45) is 0 Å². The van der Waals surface area contributed by atoms with Gasteiger partial charge in [-0.15, -0.1) is 0 Å². The standard InChI is InChI=1S/C47H90O6/c1-4-7-10-13-15-17-19-21-23-25-27-29-31-34-36-39-45(48)51-42-44(53-47(50)41-38-33-12-9-6-3)43-52-46(49)40-37-35-32-30-28-26-24-22-20-18-16-14-11-8-5-2/h44H,4-43H2,1-3H3. The average Bonchev–Trinajstić information content (AvgIpc) is 3.15. The molecule has 0 N–H and O–H groups in total. The van der Waals surface area contributed by atoms with E-state index >= 15 is 0 Å². The number of ether oxygens (including phenoxy) is 3. The molecule has 6 heteroatoms. The van der Waals surface area contributed by atoms with Gasteiger partial charge in [-0.3, -0.25) is 14.4 Å². The van der Waals surface area contributed by atoms with Crippen LogP contribution in [0, 0.1) is 0 Å². The largest absolute Gasteiger partial charge is 0.462 e. The minimum atomic E-state index is -0.756. The van der Waals surface area contributed by atoms with Gasteiger partial charge in [0.1, 0.15) is 13.2 Å². The van der Waals surface area contributed by atoms with E-state index in [1.165, 1.54) is 161 Å². The Hall–Kier alpha value is -1.59. The van der Waals surface area contributed by atoms with Crippen molar-refractivity contribution in [3.63, 3.8) is 0 Å². The Morgan fingerprint density at radius 1 is 0.302 bits per heavy atom. The summed E-state index contributed by atoms with van der Waals surface area (Å²) >= 11 is 0. The zero-order chi connectivity index (χ0) is 38.7. The Bertz CT molecular complexity index is 733. The van der Waals surface area contributed by atoms with Crippen molar-refractivity contribution < 1.29 is 28.6 Å². The highest BCUT2D eigenvalue weighted by molar-refractivity contribution is 5.71. The molecule has 0 atom stereocenters. The van der Waals surface area contributed by atoms with E-state index in [1.54, 1.807) is 0 Å². The zero-order valence-electron chi connectivity index (χ0n) is 35.8. The van der Waals surface area contributed by atoms with Crippen LogP contribution in [-0.2, 0) is 28.6 Å². The first kappa shape index (κ1) is 51.4. The molecule has 0 radical (unpaired) electrons. The molecule has 314 valence electrons. The summed E-state index contributed by atoms with van der Waals surface area (Å²) in [6.45, 7) is 6.58. The Kier molecular flexibility index (Phi) is 41.8. The lowest BCUT2D eigenvalue weighted by Gasteiger charge is -2.18. The van der Waals surface area contributed by atoms with Crippen molar-refractivity contribution in [3.8, 4) is 0 Å². The number of hydrogen-bond donors (Lipinski definition) is 0. The van der Waals surface area contributed by atoms with E-state index in [0.717, 1.165) is 64.2 Å². The maximum absolute atomic E-state index is 12.5. The van der Waals surface area contributed by atoms with Crippen LogP contribution >= 0.6 is 0 Å². The molecule has 0 aromatic rings. The normalized spacial score (nSPS) is 11.3. The van der Waals surface area contributed by atoms with E-state index in [0.29, 0.717) is 19.3 Å². The summed E-state index contributed by atoms with van der Waals surface area (Å²) < 4.78 is 16.6. The Balaban J connectivity index is 4.10. The SMILES string of the molecule is CCCCCCCCCCCCCCCCCC(=O)OCC(COC(=O)CCCCCCCCCCCCCCCCC)OC(=O)CCCCCCC. The zero-order valence-corrected chi connectivity index (χ0v) is 35.8. The van der Waals surface area contributed by atoms with Gasteiger partial charge in [0.05, 0.1) is 0 Å². The molecule has 0 spiro atoms. The molecule has 0 heterocycles. The molecule has 0 aliphatic carbocycles. The Labute approximate surface area is 329 Å². The lowest BCUT2D eigenvalue weighted by atomic mass is 10.0. The van der Waals surface area contributed by atoms with Gasteiger partial charge in [0.25, 0.3) is 0 Å². The second-order valence-electron chi connectivity index (χ2n) is 16.0. The van der Waals surface area contributed by atoms with Gasteiger partial charge in [-0.2, -0.15) is 0 Å². The molecular weight excluding hydrogens is 661 g/mol. The quantitative estimate of drug-likeness (QED) is 0.0351. The van der Waals surface area contributed by atoms with Crippen molar-refractivity contribution >= 4 is 17.9 Å². The highest BCUT2D eigenvalue weighted by Crippen LogP contribution is 2.16. The molecule has 0 saturated heterocycles. The van der Waals surface area contributed by atoms with Crippen LogP contribution in [0.15, 0.2) is 0 Å². The van der Waals surface area contributed by atoms with E-state index in [-0.39, 0.29) is 31.1 Å². The minimum Gasteiger partial charge on any atom is -0.462 e.